The monoisotopic (exact) mass is 446 g/mol. The summed E-state index contributed by atoms with van der Waals surface area (Å²) in [7, 11) is 0. The van der Waals surface area contributed by atoms with Crippen molar-refractivity contribution >= 4 is 9.90 Å². The number of rotatable bonds is 0. The molecule has 0 aliphatic rings. The molecule has 0 bridgehead atoms. The largest absolute Gasteiger partial charge is 0.153 e. The Morgan fingerprint density at radius 3 is 0.667 bits per heavy atom. The van der Waals surface area contributed by atoms with Crippen LogP contribution in [0.25, 0.3) is 0 Å². The van der Waals surface area contributed by atoms with Crippen LogP contribution in [-0.4, -0.2) is 0 Å². The van der Waals surface area contributed by atoms with E-state index in [1.807, 2.05) is 0 Å². The maximum Gasteiger partial charge on any atom is 0 e. The van der Waals surface area contributed by atoms with Crippen molar-refractivity contribution in [1.82, 2.24) is 0 Å². The van der Waals surface area contributed by atoms with Crippen LogP contribution in [0.4, 0.5) is 0 Å². The van der Waals surface area contributed by atoms with Gasteiger partial charge in [-0.3, -0.25) is 0 Å². The fourth-order valence-electron chi connectivity index (χ4n) is 0. The molecule has 0 spiro atoms. The fraction of sp³-hybridized carbons (Fsp3) is 0. The van der Waals surface area contributed by atoms with Gasteiger partial charge in [0.1, 0.15) is 0 Å². The van der Waals surface area contributed by atoms with E-state index in [1.165, 1.54) is 0 Å². The Hall–Kier alpha value is 3.14. The van der Waals surface area contributed by atoms with Gasteiger partial charge in [0.05, 0.1) is 0 Å². The first-order valence-electron chi connectivity index (χ1n) is 0. The molecule has 6 heteroatoms. The first-order valence-corrected chi connectivity index (χ1v) is 0. The van der Waals surface area contributed by atoms with E-state index in [0.29, 0.717) is 0 Å². The molecule has 0 aliphatic carbocycles. The predicted molar refractivity (Wildman–Crippen MR) is 11.1 cm³/mol. The molecule has 0 aromatic heterocycles. The summed E-state index contributed by atoms with van der Waals surface area (Å²) in [5, 5.41) is 0. The summed E-state index contributed by atoms with van der Waals surface area (Å²) in [6.45, 7) is 0. The average Bonchev–Trinajstić information content (AvgIpc) is 0. The number of hydrogen-bond acceptors (Lipinski definition) is 0. The zero-order chi connectivity index (χ0) is 0. The summed E-state index contributed by atoms with van der Waals surface area (Å²) in [6, 6.07) is 0. The Morgan fingerprint density at radius 2 is 0.667 bits per heavy atom. The summed E-state index contributed by atoms with van der Waals surface area (Å²) < 4.78 is 0. The minimum atomic E-state index is 0. The van der Waals surface area contributed by atoms with E-state index in [9.17, 15) is 0 Å². The normalized spacial score (nSPS) is 0. The Balaban J connectivity index is 0. The molecule has 0 amide bonds. The zero-order valence-electron chi connectivity index (χ0n) is 2.45. The second kappa shape index (κ2) is 42.0. The topological polar surface area (TPSA) is 0 Å². The molecule has 1 unspecified atom stereocenters. The molecule has 0 rings (SSSR count). The second-order valence-corrected chi connectivity index (χ2v) is 0. The molecule has 1 atom stereocenters. The van der Waals surface area contributed by atoms with Crippen molar-refractivity contribution in [2.75, 3.05) is 0 Å². The van der Waals surface area contributed by atoms with Gasteiger partial charge in [-0.2, -0.15) is 9.90 Å². The van der Waals surface area contributed by atoms with E-state index >= 15 is 0 Å². The van der Waals surface area contributed by atoms with Crippen molar-refractivity contribution in [1.29, 1.82) is 0 Å². The molecule has 0 saturated carbocycles. The Kier molecular flexibility index (Phi) is 430. The van der Waals surface area contributed by atoms with E-state index in [1.54, 1.807) is 0 Å². The third kappa shape index (κ3) is 27.3. The molecule has 0 aliphatic heterocycles. The van der Waals surface area contributed by atoms with Crippen LogP contribution in [0.2, 0.25) is 0 Å². The van der Waals surface area contributed by atoms with Gasteiger partial charge < -0.3 is 0 Å². The van der Waals surface area contributed by atoms with Crippen molar-refractivity contribution in [3.8, 4) is 0 Å². The average molecular weight is 447 g/mol. The molecule has 0 aromatic carbocycles. The smallest absolute Gasteiger partial charge is 0 e. The molecule has 0 radical (unpaired) electrons. The molecule has 6 heavy (non-hydrogen) atoms. The third-order valence-corrected chi connectivity index (χ3v) is 0. The van der Waals surface area contributed by atoms with Crippen LogP contribution >= 0.6 is 9.90 Å². The third-order valence-electron chi connectivity index (χ3n) is 0. The summed E-state index contributed by atoms with van der Waals surface area (Å²) >= 11 is 0. The van der Waals surface area contributed by atoms with Crippen LogP contribution < -0.4 is 0 Å². The second-order valence-electron chi connectivity index (χ2n) is 0. The SMILES string of the molecule is P.[Fe].[Fe].[Ni].[Ni].[W]. The van der Waals surface area contributed by atoms with E-state index in [-0.39, 0.29) is 98.1 Å². The maximum atomic E-state index is 0. The van der Waals surface area contributed by atoms with Crippen molar-refractivity contribution < 1.29 is 88.2 Å². The summed E-state index contributed by atoms with van der Waals surface area (Å²) in [5.41, 5.74) is 0. The summed E-state index contributed by atoms with van der Waals surface area (Å²) in [6.07, 6.45) is 0. The molecular formula is H3Fe2Ni2PW. The van der Waals surface area contributed by atoms with Crippen LogP contribution in [0.5, 0.6) is 0 Å². The van der Waals surface area contributed by atoms with Gasteiger partial charge in [-0.15, -0.1) is 0 Å². The Morgan fingerprint density at radius 1 is 0.667 bits per heavy atom. The van der Waals surface area contributed by atoms with E-state index in [0.717, 1.165) is 0 Å². The summed E-state index contributed by atoms with van der Waals surface area (Å²) in [4.78, 5) is 0. The van der Waals surface area contributed by atoms with Crippen molar-refractivity contribution in [3.63, 3.8) is 0 Å². The van der Waals surface area contributed by atoms with E-state index in [4.69, 9.17) is 0 Å². The molecule has 0 N–H and O–H groups in total. The van der Waals surface area contributed by atoms with Gasteiger partial charge in [0, 0.05) is 88.2 Å². The summed E-state index contributed by atoms with van der Waals surface area (Å²) in [5.74, 6) is 0. The van der Waals surface area contributed by atoms with Gasteiger partial charge in [-0.05, 0) is 0 Å². The number of hydrogen-bond donors (Lipinski definition) is 0. The van der Waals surface area contributed by atoms with Crippen molar-refractivity contribution in [2.45, 2.75) is 0 Å². The molecule has 50 valence electrons. The predicted octanol–water partition coefficient (Wildman–Crippen LogP) is 0.0456. The van der Waals surface area contributed by atoms with Gasteiger partial charge in [-0.25, -0.2) is 0 Å². The first kappa shape index (κ1) is 61.3. The minimum Gasteiger partial charge on any atom is -0.153 e. The van der Waals surface area contributed by atoms with Crippen molar-refractivity contribution in [2.24, 2.45) is 0 Å². The first-order chi connectivity index (χ1) is 0. The van der Waals surface area contributed by atoms with Crippen LogP contribution in [0, 0.1) is 0 Å². The van der Waals surface area contributed by atoms with E-state index in [2.05, 4.69) is 0 Å². The molecular weight excluding hydrogens is 444 g/mol. The van der Waals surface area contributed by atoms with Crippen LogP contribution in [0.1, 0.15) is 0 Å². The van der Waals surface area contributed by atoms with Crippen LogP contribution in [0.15, 0.2) is 0 Å². The molecule has 0 fully saturated rings. The van der Waals surface area contributed by atoms with Crippen LogP contribution in [0.3, 0.4) is 0 Å². The standard InChI is InChI=1S/2Fe.2Ni.H3P.W/h;;;;1H3;. The van der Waals surface area contributed by atoms with Crippen LogP contribution in [-0.2, 0) is 88.2 Å². The maximum absolute atomic E-state index is 0. The molecule has 0 aromatic rings. The zero-order valence-corrected chi connectivity index (χ0v) is 11.0. The van der Waals surface area contributed by atoms with E-state index < -0.39 is 0 Å². The Labute approximate surface area is 96.8 Å². The van der Waals surface area contributed by atoms with Gasteiger partial charge in [-0.1, -0.05) is 0 Å². The van der Waals surface area contributed by atoms with Gasteiger partial charge >= 0.3 is 0 Å². The minimum absolute atomic E-state index is 0. The molecule has 0 saturated heterocycles. The van der Waals surface area contributed by atoms with Gasteiger partial charge in [0.25, 0.3) is 0 Å². The quantitative estimate of drug-likeness (QED) is 0.364. The van der Waals surface area contributed by atoms with Gasteiger partial charge in [0.2, 0.25) is 0 Å². The van der Waals surface area contributed by atoms with Gasteiger partial charge in [0.15, 0.2) is 0 Å². The fourth-order valence-corrected chi connectivity index (χ4v) is 0. The Bertz CT molecular complexity index is 11.5. The molecule has 0 nitrogen and oxygen atoms in total. The van der Waals surface area contributed by atoms with Crippen molar-refractivity contribution in [3.05, 3.63) is 0 Å². The molecule has 0 heterocycles.